The van der Waals surface area contributed by atoms with Crippen molar-refractivity contribution in [3.8, 4) is 5.75 Å². The fourth-order valence-electron chi connectivity index (χ4n) is 1.36. The van der Waals surface area contributed by atoms with Crippen molar-refractivity contribution >= 4 is 11.8 Å². The predicted octanol–water partition coefficient (Wildman–Crippen LogP) is 2.46. The van der Waals surface area contributed by atoms with Crippen molar-refractivity contribution in [1.82, 2.24) is 0 Å². The molecule has 0 fully saturated rings. The fraction of sp³-hybridized carbons (Fsp3) is 0.385. The Morgan fingerprint density at radius 1 is 1.24 bits per heavy atom. The Labute approximate surface area is 101 Å². The number of hydrogen-bond donors (Lipinski definition) is 0. The Bertz CT molecular complexity index is 435. The molecule has 1 rings (SSSR count). The van der Waals surface area contributed by atoms with Crippen LogP contribution in [-0.2, 0) is 4.74 Å². The topological polar surface area (TPSA) is 52.6 Å². The van der Waals surface area contributed by atoms with Crippen LogP contribution in [0.2, 0.25) is 0 Å². The van der Waals surface area contributed by atoms with Crippen LogP contribution in [0.5, 0.6) is 5.75 Å². The lowest BCUT2D eigenvalue weighted by Crippen LogP contribution is -2.13. The molecule has 0 radical (unpaired) electrons. The van der Waals surface area contributed by atoms with Crippen LogP contribution >= 0.6 is 0 Å². The van der Waals surface area contributed by atoms with Crippen LogP contribution in [0.25, 0.3) is 0 Å². The summed E-state index contributed by atoms with van der Waals surface area (Å²) in [5.41, 5.74) is 0.732. The van der Waals surface area contributed by atoms with Crippen LogP contribution in [0.3, 0.4) is 0 Å². The maximum Gasteiger partial charge on any atom is 0.342 e. The molecule has 92 valence electrons. The number of esters is 1. The number of carbonyl (C=O) groups excluding carboxylic acids is 2. The molecule has 17 heavy (non-hydrogen) atoms. The third-order valence-corrected chi connectivity index (χ3v) is 2.17. The molecule has 1 aromatic rings. The van der Waals surface area contributed by atoms with Gasteiger partial charge in [-0.2, -0.15) is 0 Å². The normalized spacial score (nSPS) is 10.2. The van der Waals surface area contributed by atoms with Crippen molar-refractivity contribution in [3.05, 3.63) is 29.3 Å². The maximum atomic E-state index is 11.8. The molecular formula is C13H16O4. The van der Waals surface area contributed by atoms with E-state index in [1.54, 1.807) is 26.0 Å². The Morgan fingerprint density at radius 3 is 2.35 bits per heavy atom. The molecule has 0 amide bonds. The van der Waals surface area contributed by atoms with E-state index < -0.39 is 5.97 Å². The molecule has 0 heterocycles. The minimum Gasteiger partial charge on any atom is -0.496 e. The summed E-state index contributed by atoms with van der Waals surface area (Å²) in [6, 6.07) is 4.70. The molecule has 4 nitrogen and oxygen atoms in total. The lowest BCUT2D eigenvalue weighted by molar-refractivity contribution is 0.0374. The van der Waals surface area contributed by atoms with Gasteiger partial charge >= 0.3 is 5.97 Å². The lowest BCUT2D eigenvalue weighted by Gasteiger charge is -2.11. The summed E-state index contributed by atoms with van der Waals surface area (Å²) in [5.74, 6) is -0.188. The Hall–Kier alpha value is -1.84. The van der Waals surface area contributed by atoms with Gasteiger partial charge in [0.25, 0.3) is 0 Å². The SMILES string of the molecule is COc1ccc(C(C)=O)cc1C(=O)OC(C)C. The molecule has 0 aliphatic carbocycles. The Kier molecular flexibility index (Phi) is 4.26. The van der Waals surface area contributed by atoms with Gasteiger partial charge in [-0.25, -0.2) is 4.79 Å². The van der Waals surface area contributed by atoms with Gasteiger partial charge < -0.3 is 9.47 Å². The average Bonchev–Trinajstić information content (AvgIpc) is 2.27. The van der Waals surface area contributed by atoms with Gasteiger partial charge in [0.1, 0.15) is 11.3 Å². The van der Waals surface area contributed by atoms with Crippen LogP contribution in [0, 0.1) is 0 Å². The Balaban J connectivity index is 3.14. The molecule has 0 unspecified atom stereocenters. The van der Waals surface area contributed by atoms with Gasteiger partial charge in [-0.05, 0) is 39.0 Å². The van der Waals surface area contributed by atoms with Crippen molar-refractivity contribution in [2.45, 2.75) is 26.9 Å². The quantitative estimate of drug-likeness (QED) is 0.595. The zero-order chi connectivity index (χ0) is 13.0. The fourth-order valence-corrected chi connectivity index (χ4v) is 1.36. The molecule has 0 saturated carbocycles. The van der Waals surface area contributed by atoms with Crippen LogP contribution in [0.15, 0.2) is 18.2 Å². The van der Waals surface area contributed by atoms with Crippen molar-refractivity contribution in [3.63, 3.8) is 0 Å². The molecule has 4 heteroatoms. The number of methoxy groups -OCH3 is 1. The third kappa shape index (κ3) is 3.31. The minimum atomic E-state index is -0.486. The van der Waals surface area contributed by atoms with E-state index in [0.717, 1.165) is 0 Å². The summed E-state index contributed by atoms with van der Waals surface area (Å²) in [6.45, 7) is 4.97. The van der Waals surface area contributed by atoms with E-state index in [0.29, 0.717) is 11.3 Å². The van der Waals surface area contributed by atoms with Crippen LogP contribution in [-0.4, -0.2) is 25.0 Å². The van der Waals surface area contributed by atoms with Crippen LogP contribution in [0.1, 0.15) is 41.5 Å². The number of rotatable bonds is 4. The van der Waals surface area contributed by atoms with E-state index in [4.69, 9.17) is 9.47 Å². The summed E-state index contributed by atoms with van der Waals surface area (Å²) in [6.07, 6.45) is -0.215. The first kappa shape index (κ1) is 13.2. The molecular weight excluding hydrogens is 220 g/mol. The summed E-state index contributed by atoms with van der Waals surface area (Å²) in [7, 11) is 1.47. The van der Waals surface area contributed by atoms with Crippen LogP contribution < -0.4 is 4.74 Å². The first-order chi connectivity index (χ1) is 7.95. The predicted molar refractivity (Wildman–Crippen MR) is 63.6 cm³/mol. The van der Waals surface area contributed by atoms with E-state index in [2.05, 4.69) is 0 Å². The van der Waals surface area contributed by atoms with E-state index >= 15 is 0 Å². The highest BCUT2D eigenvalue weighted by Crippen LogP contribution is 2.21. The molecule has 0 atom stereocenters. The van der Waals surface area contributed by atoms with E-state index in [1.807, 2.05) is 0 Å². The third-order valence-electron chi connectivity index (χ3n) is 2.17. The smallest absolute Gasteiger partial charge is 0.342 e. The first-order valence-corrected chi connectivity index (χ1v) is 5.35. The molecule has 0 aliphatic rings. The van der Waals surface area contributed by atoms with Gasteiger partial charge in [-0.15, -0.1) is 0 Å². The number of hydrogen-bond acceptors (Lipinski definition) is 4. The monoisotopic (exact) mass is 236 g/mol. The first-order valence-electron chi connectivity index (χ1n) is 5.35. The van der Waals surface area contributed by atoms with Crippen LogP contribution in [0.4, 0.5) is 0 Å². The highest BCUT2D eigenvalue weighted by molar-refractivity contribution is 5.99. The molecule has 0 spiro atoms. The molecule has 1 aromatic carbocycles. The van der Waals surface area contributed by atoms with Gasteiger partial charge in [0.2, 0.25) is 0 Å². The second kappa shape index (κ2) is 5.48. The highest BCUT2D eigenvalue weighted by atomic mass is 16.5. The minimum absolute atomic E-state index is 0.105. The standard InChI is InChI=1S/C13H16O4/c1-8(2)17-13(15)11-7-10(9(3)14)5-6-12(11)16-4/h5-8H,1-4H3. The van der Waals surface area contributed by atoms with Gasteiger partial charge in [0, 0.05) is 5.56 Å². The van der Waals surface area contributed by atoms with Gasteiger partial charge in [0.15, 0.2) is 5.78 Å². The second-order valence-electron chi connectivity index (χ2n) is 3.93. The summed E-state index contributed by atoms with van der Waals surface area (Å²) in [5, 5.41) is 0. The van der Waals surface area contributed by atoms with Gasteiger partial charge in [0.05, 0.1) is 13.2 Å². The van der Waals surface area contributed by atoms with E-state index in [-0.39, 0.29) is 17.5 Å². The number of ether oxygens (including phenoxy) is 2. The summed E-state index contributed by atoms with van der Waals surface area (Å²) < 4.78 is 10.2. The summed E-state index contributed by atoms with van der Waals surface area (Å²) >= 11 is 0. The highest BCUT2D eigenvalue weighted by Gasteiger charge is 2.16. The molecule has 0 bridgehead atoms. The molecule has 0 N–H and O–H groups in total. The zero-order valence-corrected chi connectivity index (χ0v) is 10.4. The van der Waals surface area contributed by atoms with E-state index in [1.165, 1.54) is 20.1 Å². The maximum absolute atomic E-state index is 11.8. The zero-order valence-electron chi connectivity index (χ0n) is 10.4. The van der Waals surface area contributed by atoms with E-state index in [9.17, 15) is 9.59 Å². The van der Waals surface area contributed by atoms with Gasteiger partial charge in [-0.3, -0.25) is 4.79 Å². The Morgan fingerprint density at radius 2 is 1.88 bits per heavy atom. The molecule has 0 aromatic heterocycles. The second-order valence-corrected chi connectivity index (χ2v) is 3.93. The number of benzene rings is 1. The number of ketones is 1. The van der Waals surface area contributed by atoms with Crippen molar-refractivity contribution in [1.29, 1.82) is 0 Å². The van der Waals surface area contributed by atoms with Crippen molar-refractivity contribution in [2.75, 3.05) is 7.11 Å². The van der Waals surface area contributed by atoms with Crippen molar-refractivity contribution < 1.29 is 19.1 Å². The number of Topliss-reactive ketones (excluding diaryl/α,β-unsaturated/α-hetero) is 1. The van der Waals surface area contributed by atoms with Crippen molar-refractivity contribution in [2.24, 2.45) is 0 Å². The van der Waals surface area contributed by atoms with Gasteiger partial charge in [-0.1, -0.05) is 0 Å². The largest absolute Gasteiger partial charge is 0.496 e. The lowest BCUT2D eigenvalue weighted by atomic mass is 10.1. The molecule has 0 aliphatic heterocycles. The summed E-state index contributed by atoms with van der Waals surface area (Å²) in [4.78, 5) is 23.0. The number of carbonyl (C=O) groups is 2. The molecule has 0 saturated heterocycles. The average molecular weight is 236 g/mol.